The molecule has 0 aromatic heterocycles. The Labute approximate surface area is 130 Å². The van der Waals surface area contributed by atoms with Crippen LogP contribution < -0.4 is 0 Å². The minimum absolute atomic E-state index is 0.368. The Morgan fingerprint density at radius 1 is 0.810 bits per heavy atom. The monoisotopic (exact) mass is 302 g/mol. The predicted molar refractivity (Wildman–Crippen MR) is 83.4 cm³/mol. The molecule has 4 heteroatoms. The molecule has 0 radical (unpaired) electrons. The summed E-state index contributed by atoms with van der Waals surface area (Å²) in [4.78, 5) is 22.5. The lowest BCUT2D eigenvalue weighted by atomic mass is 9.79. The molecule has 1 rings (SSSR count). The van der Waals surface area contributed by atoms with Crippen LogP contribution >= 0.6 is 0 Å². The van der Waals surface area contributed by atoms with E-state index in [0.29, 0.717) is 5.92 Å². The van der Waals surface area contributed by atoms with Gasteiger partial charge in [-0.2, -0.15) is 9.78 Å². The summed E-state index contributed by atoms with van der Waals surface area (Å²) in [5.41, 5.74) is -0.736. The van der Waals surface area contributed by atoms with Crippen LogP contribution in [0.1, 0.15) is 81.1 Å². The van der Waals surface area contributed by atoms with Gasteiger partial charge in [0.1, 0.15) is 0 Å². The molecule has 0 amide bonds. The molecule has 1 aliphatic rings. The molecule has 0 N–H and O–H groups in total. The van der Waals surface area contributed by atoms with Crippen LogP contribution in [0, 0.1) is 11.8 Å². The van der Waals surface area contributed by atoms with Gasteiger partial charge < -0.3 is 0 Å². The molecule has 0 unspecified atom stereocenters. The molecule has 0 atom stereocenters. The van der Waals surface area contributed by atoms with Crippen molar-refractivity contribution in [3.8, 4) is 0 Å². The van der Waals surface area contributed by atoms with Gasteiger partial charge in [0, 0.05) is 12.8 Å². The first-order valence-electron chi connectivity index (χ1n) is 8.16. The third-order valence-corrected chi connectivity index (χ3v) is 3.62. The molecule has 0 aliphatic heterocycles. The van der Waals surface area contributed by atoms with Crippen molar-refractivity contribution in [2.75, 3.05) is 0 Å². The molecular weight excluding hydrogens is 268 g/mol. The third kappa shape index (κ3) is 7.09. The quantitative estimate of drug-likeness (QED) is 0.406. The molecule has 4 nitrogen and oxygen atoms in total. The molecule has 0 aromatic rings. The summed E-state index contributed by atoms with van der Waals surface area (Å²) in [6.45, 7) is 16.3. The molecule has 0 heterocycles. The highest BCUT2D eigenvalue weighted by atomic mass is 17.3. The molecule has 126 valence electrons. The highest BCUT2D eigenvalue weighted by Crippen LogP contribution is 2.40. The number of hydrogen-bond donors (Lipinski definition) is 0. The maximum Gasteiger partial charge on any atom is 0.234 e. The summed E-state index contributed by atoms with van der Waals surface area (Å²) < 4.78 is 0. The van der Waals surface area contributed by atoms with Gasteiger partial charge >= 0.3 is 0 Å². The molecule has 21 heavy (non-hydrogen) atoms. The van der Waals surface area contributed by atoms with Gasteiger partial charge in [-0.25, -0.2) is 9.78 Å². The Morgan fingerprint density at radius 2 is 1.19 bits per heavy atom. The fourth-order valence-electron chi connectivity index (χ4n) is 2.33. The van der Waals surface area contributed by atoms with Gasteiger partial charge in [0.15, 0.2) is 0 Å². The zero-order valence-corrected chi connectivity index (χ0v) is 15.1. The summed E-state index contributed by atoms with van der Waals surface area (Å²) in [6.07, 6.45) is 3.72. The number of rotatable bonds is 5. The van der Waals surface area contributed by atoms with Crippen LogP contribution in [0.3, 0.4) is 0 Å². The lowest BCUT2D eigenvalue weighted by Gasteiger charge is -2.40. The van der Waals surface area contributed by atoms with Crippen LogP contribution in [0.15, 0.2) is 0 Å². The fourth-order valence-corrected chi connectivity index (χ4v) is 2.33. The topological polar surface area (TPSA) is 36.9 Å². The van der Waals surface area contributed by atoms with Crippen LogP contribution in [0.5, 0.6) is 0 Å². The summed E-state index contributed by atoms with van der Waals surface area (Å²) in [5.74, 6) is 0.621. The first-order chi connectivity index (χ1) is 9.43. The fraction of sp³-hybridized carbons (Fsp3) is 1.00. The zero-order valence-electron chi connectivity index (χ0n) is 15.1. The van der Waals surface area contributed by atoms with E-state index >= 15 is 0 Å². The molecule has 0 saturated heterocycles. The van der Waals surface area contributed by atoms with Crippen LogP contribution in [-0.2, 0) is 19.6 Å². The predicted octanol–water partition coefficient (Wildman–Crippen LogP) is 5.02. The van der Waals surface area contributed by atoms with E-state index in [4.69, 9.17) is 19.6 Å². The van der Waals surface area contributed by atoms with E-state index in [1.54, 1.807) is 0 Å². The summed E-state index contributed by atoms with van der Waals surface area (Å²) in [5, 5.41) is 0. The number of hydrogen-bond acceptors (Lipinski definition) is 4. The van der Waals surface area contributed by atoms with E-state index < -0.39 is 5.79 Å². The van der Waals surface area contributed by atoms with Crippen LogP contribution in [0.2, 0.25) is 0 Å². The second-order valence-corrected chi connectivity index (χ2v) is 8.55. The molecule has 1 aliphatic carbocycles. The average Bonchev–Trinajstić information content (AvgIpc) is 2.33. The largest absolute Gasteiger partial charge is 0.234 e. The van der Waals surface area contributed by atoms with E-state index in [-0.39, 0.29) is 11.2 Å². The Bertz CT molecular complexity index is 284. The van der Waals surface area contributed by atoms with E-state index in [1.807, 2.05) is 41.5 Å². The Kier molecular flexibility index (Phi) is 6.25. The lowest BCUT2D eigenvalue weighted by molar-refractivity contribution is -0.546. The first-order valence-corrected chi connectivity index (χ1v) is 8.16. The van der Waals surface area contributed by atoms with Crippen molar-refractivity contribution >= 4 is 0 Å². The normalized spacial score (nSPS) is 21.0. The van der Waals surface area contributed by atoms with Gasteiger partial charge in [0.2, 0.25) is 5.79 Å². The second-order valence-electron chi connectivity index (χ2n) is 8.55. The molecule has 1 saturated carbocycles. The summed E-state index contributed by atoms with van der Waals surface area (Å²) in [6, 6.07) is 0. The van der Waals surface area contributed by atoms with Crippen molar-refractivity contribution < 1.29 is 19.6 Å². The van der Waals surface area contributed by atoms with Crippen molar-refractivity contribution in [1.29, 1.82) is 0 Å². The molecule has 1 fully saturated rings. The van der Waals surface area contributed by atoms with E-state index in [0.717, 1.165) is 31.6 Å². The van der Waals surface area contributed by atoms with E-state index in [2.05, 4.69) is 13.8 Å². The van der Waals surface area contributed by atoms with Crippen molar-refractivity contribution in [2.24, 2.45) is 11.8 Å². The third-order valence-electron chi connectivity index (χ3n) is 3.62. The van der Waals surface area contributed by atoms with Gasteiger partial charge in [-0.1, -0.05) is 13.8 Å². The SMILES string of the molecule is CC(C)C1CCC(OOC(C)(C)C)(OOC(C)(C)C)CC1. The maximum atomic E-state index is 5.71. The Hall–Kier alpha value is -0.160. The van der Waals surface area contributed by atoms with Crippen molar-refractivity contribution in [2.45, 2.75) is 98.1 Å². The minimum Gasteiger partial charge on any atom is -0.228 e. The molecule has 0 bridgehead atoms. The van der Waals surface area contributed by atoms with Gasteiger partial charge in [-0.05, 0) is 66.2 Å². The molecule has 0 spiro atoms. The van der Waals surface area contributed by atoms with E-state index in [9.17, 15) is 0 Å². The summed E-state index contributed by atoms with van der Waals surface area (Å²) in [7, 11) is 0. The zero-order chi connectivity index (χ0) is 16.3. The smallest absolute Gasteiger partial charge is 0.228 e. The van der Waals surface area contributed by atoms with Gasteiger partial charge in [-0.15, -0.1) is 0 Å². The van der Waals surface area contributed by atoms with Gasteiger partial charge in [0.05, 0.1) is 11.2 Å². The maximum absolute atomic E-state index is 5.71. The average molecular weight is 302 g/mol. The van der Waals surface area contributed by atoms with Crippen LogP contribution in [-0.4, -0.2) is 17.0 Å². The summed E-state index contributed by atoms with van der Waals surface area (Å²) >= 11 is 0. The highest BCUT2D eigenvalue weighted by Gasteiger charge is 2.42. The van der Waals surface area contributed by atoms with Crippen LogP contribution in [0.25, 0.3) is 0 Å². The van der Waals surface area contributed by atoms with Crippen molar-refractivity contribution in [3.63, 3.8) is 0 Å². The Morgan fingerprint density at radius 3 is 1.48 bits per heavy atom. The second kappa shape index (κ2) is 6.95. The Balaban J connectivity index is 2.67. The first kappa shape index (κ1) is 18.9. The van der Waals surface area contributed by atoms with Crippen molar-refractivity contribution in [1.82, 2.24) is 0 Å². The molecule has 0 aromatic carbocycles. The minimum atomic E-state index is -0.786. The van der Waals surface area contributed by atoms with E-state index in [1.165, 1.54) is 0 Å². The molecular formula is C17H34O4. The standard InChI is InChI=1S/C17H34O4/c1-13(2)14-9-11-17(12-10-14,20-18-15(3,4)5)21-19-16(6,7)8/h13-14H,9-12H2,1-8H3. The highest BCUT2D eigenvalue weighted by molar-refractivity contribution is 4.80. The van der Waals surface area contributed by atoms with Crippen molar-refractivity contribution in [3.05, 3.63) is 0 Å². The lowest BCUT2D eigenvalue weighted by Crippen LogP contribution is -2.44. The van der Waals surface area contributed by atoms with Crippen LogP contribution in [0.4, 0.5) is 0 Å². The van der Waals surface area contributed by atoms with Gasteiger partial charge in [0.25, 0.3) is 0 Å². The van der Waals surface area contributed by atoms with Gasteiger partial charge in [-0.3, -0.25) is 0 Å².